The van der Waals surface area contributed by atoms with Crippen LogP contribution in [0.5, 0.6) is 0 Å². The van der Waals surface area contributed by atoms with Gasteiger partial charge in [0.25, 0.3) is 0 Å². The molecule has 0 unspecified atom stereocenters. The summed E-state index contributed by atoms with van der Waals surface area (Å²) < 4.78 is 10.4. The van der Waals surface area contributed by atoms with Crippen LogP contribution in [0.4, 0.5) is 9.59 Å². The molecule has 3 amide bonds. The van der Waals surface area contributed by atoms with E-state index in [0.29, 0.717) is 39.2 Å². The van der Waals surface area contributed by atoms with E-state index < -0.39 is 0 Å². The summed E-state index contributed by atoms with van der Waals surface area (Å²) in [5.41, 5.74) is 0. The maximum absolute atomic E-state index is 12.1. The van der Waals surface area contributed by atoms with E-state index in [1.54, 1.807) is 9.80 Å². The van der Waals surface area contributed by atoms with Crippen molar-refractivity contribution in [3.8, 4) is 0 Å². The Kier molecular flexibility index (Phi) is 3.72. The third-order valence-corrected chi connectivity index (χ3v) is 3.85. The summed E-state index contributed by atoms with van der Waals surface area (Å²) in [5.74, 6) is 1.74. The molecule has 1 N–H and O–H groups in total. The van der Waals surface area contributed by atoms with Gasteiger partial charge in [0.05, 0.1) is 6.04 Å². The molecule has 3 heterocycles. The molecule has 0 radical (unpaired) electrons. The number of aryl methyl sites for hydroxylation is 1. The number of amides is 3. The maximum atomic E-state index is 12.1. The normalized spacial score (nSPS) is 21.2. The van der Waals surface area contributed by atoms with Crippen LogP contribution in [0.1, 0.15) is 11.5 Å². The van der Waals surface area contributed by atoms with E-state index in [1.807, 2.05) is 19.1 Å². The monoisotopic (exact) mass is 293 g/mol. The summed E-state index contributed by atoms with van der Waals surface area (Å²) in [5, 5.41) is 2.88. The standard InChI is InChI=1S/C14H19N3O4/c1-10-2-3-12(21-10)4-5-15-13(18)16-6-7-17-11(8-16)9-20-14(17)19/h2-3,11H,4-9H2,1H3,(H,15,18)/t11-/m0/s1. The molecule has 3 rings (SSSR count). The van der Waals surface area contributed by atoms with Crippen molar-refractivity contribution >= 4 is 12.1 Å². The van der Waals surface area contributed by atoms with Gasteiger partial charge in [0, 0.05) is 32.6 Å². The number of carbonyl (C=O) groups excluding carboxylic acids is 2. The van der Waals surface area contributed by atoms with E-state index in [9.17, 15) is 9.59 Å². The van der Waals surface area contributed by atoms with E-state index in [-0.39, 0.29) is 18.2 Å². The predicted molar refractivity (Wildman–Crippen MR) is 74.0 cm³/mol. The summed E-state index contributed by atoms with van der Waals surface area (Å²) in [6.45, 7) is 4.40. The van der Waals surface area contributed by atoms with Crippen LogP contribution >= 0.6 is 0 Å². The van der Waals surface area contributed by atoms with Gasteiger partial charge in [-0.25, -0.2) is 9.59 Å². The van der Waals surface area contributed by atoms with Crippen molar-refractivity contribution in [3.05, 3.63) is 23.7 Å². The number of furan rings is 1. The number of hydrogen-bond acceptors (Lipinski definition) is 4. The molecule has 0 spiro atoms. The molecule has 2 fully saturated rings. The minimum Gasteiger partial charge on any atom is -0.466 e. The Labute approximate surface area is 122 Å². The number of piperazine rings is 1. The fourth-order valence-electron chi connectivity index (χ4n) is 2.70. The lowest BCUT2D eigenvalue weighted by Crippen LogP contribution is -2.56. The lowest BCUT2D eigenvalue weighted by Gasteiger charge is -2.35. The number of urea groups is 1. The Balaban J connectivity index is 1.44. The molecule has 1 atom stereocenters. The highest BCUT2D eigenvalue weighted by Gasteiger charge is 2.38. The first-order valence-corrected chi connectivity index (χ1v) is 7.15. The second-order valence-electron chi connectivity index (χ2n) is 5.36. The summed E-state index contributed by atoms with van der Waals surface area (Å²) >= 11 is 0. The number of fused-ring (bicyclic) bond motifs is 1. The van der Waals surface area contributed by atoms with E-state index in [0.717, 1.165) is 11.5 Å². The molecule has 0 saturated carbocycles. The van der Waals surface area contributed by atoms with Gasteiger partial charge in [-0.05, 0) is 19.1 Å². The second-order valence-corrected chi connectivity index (χ2v) is 5.36. The van der Waals surface area contributed by atoms with Crippen molar-refractivity contribution in [2.45, 2.75) is 19.4 Å². The quantitative estimate of drug-likeness (QED) is 0.901. The summed E-state index contributed by atoms with van der Waals surface area (Å²) in [7, 11) is 0. The molecular formula is C14H19N3O4. The molecule has 7 heteroatoms. The molecule has 21 heavy (non-hydrogen) atoms. The van der Waals surface area contributed by atoms with Gasteiger partial charge in [-0.3, -0.25) is 4.90 Å². The average Bonchev–Trinajstić information content (AvgIpc) is 3.05. The molecule has 2 saturated heterocycles. The first-order valence-electron chi connectivity index (χ1n) is 7.15. The second kappa shape index (κ2) is 5.67. The smallest absolute Gasteiger partial charge is 0.410 e. The highest BCUT2D eigenvalue weighted by molar-refractivity contribution is 5.75. The zero-order chi connectivity index (χ0) is 14.8. The van der Waals surface area contributed by atoms with Crippen LogP contribution in [-0.2, 0) is 11.2 Å². The number of nitrogens with one attached hydrogen (secondary N) is 1. The SMILES string of the molecule is Cc1ccc(CCNC(=O)N2CCN3C(=O)OC[C@@H]3C2)o1. The summed E-state index contributed by atoms with van der Waals surface area (Å²) in [4.78, 5) is 26.9. The summed E-state index contributed by atoms with van der Waals surface area (Å²) in [6.07, 6.45) is 0.401. The highest BCUT2D eigenvalue weighted by Crippen LogP contribution is 2.17. The van der Waals surface area contributed by atoms with Gasteiger partial charge in [-0.15, -0.1) is 0 Å². The Hall–Kier alpha value is -2.18. The topological polar surface area (TPSA) is 75.0 Å². The Morgan fingerprint density at radius 1 is 1.43 bits per heavy atom. The van der Waals surface area contributed by atoms with Crippen LogP contribution in [0.2, 0.25) is 0 Å². The third-order valence-electron chi connectivity index (χ3n) is 3.85. The van der Waals surface area contributed by atoms with E-state index in [1.165, 1.54) is 0 Å². The van der Waals surface area contributed by atoms with Crippen LogP contribution < -0.4 is 5.32 Å². The summed E-state index contributed by atoms with van der Waals surface area (Å²) in [6, 6.07) is 3.72. The van der Waals surface area contributed by atoms with Crippen LogP contribution in [-0.4, -0.2) is 60.8 Å². The van der Waals surface area contributed by atoms with E-state index >= 15 is 0 Å². The van der Waals surface area contributed by atoms with E-state index in [2.05, 4.69) is 5.32 Å². The fraction of sp³-hybridized carbons (Fsp3) is 0.571. The van der Waals surface area contributed by atoms with Gasteiger partial charge in [-0.1, -0.05) is 0 Å². The van der Waals surface area contributed by atoms with Crippen molar-refractivity contribution in [2.24, 2.45) is 0 Å². The van der Waals surface area contributed by atoms with Crippen molar-refractivity contribution in [1.82, 2.24) is 15.1 Å². The van der Waals surface area contributed by atoms with Crippen LogP contribution in [0.15, 0.2) is 16.5 Å². The zero-order valence-corrected chi connectivity index (χ0v) is 12.0. The molecule has 1 aromatic heterocycles. The molecule has 7 nitrogen and oxygen atoms in total. The largest absolute Gasteiger partial charge is 0.466 e. The third kappa shape index (κ3) is 2.96. The molecule has 114 valence electrons. The first kappa shape index (κ1) is 13.8. The molecule has 1 aromatic rings. The van der Waals surface area contributed by atoms with Crippen LogP contribution in [0.25, 0.3) is 0 Å². The first-order chi connectivity index (χ1) is 10.1. The van der Waals surface area contributed by atoms with Crippen LogP contribution in [0.3, 0.4) is 0 Å². The molecule has 0 bridgehead atoms. The van der Waals surface area contributed by atoms with Crippen molar-refractivity contribution < 1.29 is 18.7 Å². The average molecular weight is 293 g/mol. The van der Waals surface area contributed by atoms with Crippen LogP contribution in [0, 0.1) is 6.92 Å². The number of nitrogens with zero attached hydrogens (tertiary/aromatic N) is 2. The van der Waals surface area contributed by atoms with E-state index in [4.69, 9.17) is 9.15 Å². The number of rotatable bonds is 3. The fourth-order valence-corrected chi connectivity index (χ4v) is 2.70. The van der Waals surface area contributed by atoms with Gasteiger partial charge >= 0.3 is 12.1 Å². The van der Waals surface area contributed by atoms with Crippen molar-refractivity contribution in [2.75, 3.05) is 32.8 Å². The number of ether oxygens (including phenoxy) is 1. The minimum absolute atomic E-state index is 0.00952. The van der Waals surface area contributed by atoms with Gasteiger partial charge in [-0.2, -0.15) is 0 Å². The van der Waals surface area contributed by atoms with Gasteiger partial charge < -0.3 is 19.4 Å². The van der Waals surface area contributed by atoms with Gasteiger partial charge in [0.2, 0.25) is 0 Å². The number of hydrogen-bond donors (Lipinski definition) is 1. The predicted octanol–water partition coefficient (Wildman–Crippen LogP) is 0.977. The molecule has 0 aliphatic carbocycles. The Morgan fingerprint density at radius 2 is 2.29 bits per heavy atom. The number of cyclic esters (lactones) is 1. The highest BCUT2D eigenvalue weighted by atomic mass is 16.6. The number of carbonyl (C=O) groups is 2. The minimum atomic E-state index is -0.270. The van der Waals surface area contributed by atoms with Gasteiger partial charge in [0.15, 0.2) is 0 Å². The molecule has 0 aromatic carbocycles. The molecule has 2 aliphatic heterocycles. The lowest BCUT2D eigenvalue weighted by molar-refractivity contribution is 0.127. The van der Waals surface area contributed by atoms with Crippen molar-refractivity contribution in [3.63, 3.8) is 0 Å². The molecular weight excluding hydrogens is 274 g/mol. The maximum Gasteiger partial charge on any atom is 0.410 e. The lowest BCUT2D eigenvalue weighted by atomic mass is 10.2. The zero-order valence-electron chi connectivity index (χ0n) is 12.0. The van der Waals surface area contributed by atoms with Gasteiger partial charge in [0.1, 0.15) is 18.1 Å². The Morgan fingerprint density at radius 3 is 3.05 bits per heavy atom. The Bertz CT molecular complexity index is 542. The van der Waals surface area contributed by atoms with Crippen molar-refractivity contribution in [1.29, 1.82) is 0 Å². The molecule has 2 aliphatic rings.